The van der Waals surface area contributed by atoms with Crippen LogP contribution in [0.2, 0.25) is 0 Å². The van der Waals surface area contributed by atoms with E-state index in [-0.39, 0.29) is 11.5 Å². The molecule has 0 aromatic carbocycles. The molecule has 1 N–H and O–H groups in total. The van der Waals surface area contributed by atoms with E-state index in [1.165, 1.54) is 17.7 Å². The number of aryl methyl sites for hydroxylation is 1. The molecule has 21 heavy (non-hydrogen) atoms. The molecular formula is C12H16N6O2S. The van der Waals surface area contributed by atoms with E-state index in [1.807, 2.05) is 13.8 Å². The van der Waals surface area contributed by atoms with Gasteiger partial charge in [-0.05, 0) is 13.8 Å². The van der Waals surface area contributed by atoms with E-state index in [4.69, 9.17) is 0 Å². The van der Waals surface area contributed by atoms with Crippen LogP contribution in [0.25, 0.3) is 0 Å². The summed E-state index contributed by atoms with van der Waals surface area (Å²) in [6.07, 6.45) is 1.33. The summed E-state index contributed by atoms with van der Waals surface area (Å²) in [5, 5.41) is 14.2. The Hall–Kier alpha value is -2.29. The van der Waals surface area contributed by atoms with Crippen molar-refractivity contribution in [2.24, 2.45) is 0 Å². The third kappa shape index (κ3) is 3.24. The number of aromatic nitrogens is 3. The van der Waals surface area contributed by atoms with Crippen LogP contribution in [-0.4, -0.2) is 33.5 Å². The first kappa shape index (κ1) is 15.1. The van der Waals surface area contributed by atoms with Crippen LogP contribution in [0.1, 0.15) is 17.5 Å². The summed E-state index contributed by atoms with van der Waals surface area (Å²) in [7, 11) is 1.77. The first-order valence-corrected chi connectivity index (χ1v) is 7.25. The molecule has 112 valence electrons. The van der Waals surface area contributed by atoms with Crippen LogP contribution in [0.4, 0.5) is 17.3 Å². The van der Waals surface area contributed by atoms with Gasteiger partial charge >= 0.3 is 5.69 Å². The summed E-state index contributed by atoms with van der Waals surface area (Å²) in [6.45, 7) is 4.84. The van der Waals surface area contributed by atoms with Crippen LogP contribution < -0.4 is 10.2 Å². The van der Waals surface area contributed by atoms with Gasteiger partial charge in [-0.25, -0.2) is 15.0 Å². The molecule has 9 heteroatoms. The molecule has 0 radical (unpaired) electrons. The van der Waals surface area contributed by atoms with Gasteiger partial charge in [-0.3, -0.25) is 10.1 Å². The molecule has 0 fully saturated rings. The minimum Gasteiger partial charge on any atom is -0.364 e. The van der Waals surface area contributed by atoms with Crippen LogP contribution in [-0.2, 0) is 6.54 Å². The molecule has 0 spiro atoms. The van der Waals surface area contributed by atoms with Gasteiger partial charge in [0.05, 0.1) is 22.7 Å². The Morgan fingerprint density at radius 1 is 1.43 bits per heavy atom. The molecule has 0 amide bonds. The minimum absolute atomic E-state index is 0.107. The fourth-order valence-corrected chi connectivity index (χ4v) is 2.71. The van der Waals surface area contributed by atoms with Crippen LogP contribution in [0.3, 0.4) is 0 Å². The van der Waals surface area contributed by atoms with Gasteiger partial charge in [-0.2, -0.15) is 0 Å². The Balaban J connectivity index is 2.36. The first-order chi connectivity index (χ1) is 10.0. The number of nitrogens with zero attached hydrogens (tertiary/aromatic N) is 5. The molecule has 8 nitrogen and oxygen atoms in total. The smallest absolute Gasteiger partial charge is 0.353 e. The number of rotatable bonds is 6. The molecule has 2 aromatic rings. The Morgan fingerprint density at radius 3 is 2.76 bits per heavy atom. The molecule has 0 unspecified atom stereocenters. The third-order valence-corrected chi connectivity index (χ3v) is 3.84. The van der Waals surface area contributed by atoms with E-state index in [2.05, 4.69) is 20.3 Å². The largest absolute Gasteiger partial charge is 0.364 e. The standard InChI is InChI=1S/C12H16N6O2S/c1-4-13-11-10(18(19)20)12(15-6-14-11)17(3)5-9-8(2)16-7-21-9/h6-7H,4-5H2,1-3H3,(H,13,14,15). The lowest BCUT2D eigenvalue weighted by Crippen LogP contribution is -2.20. The van der Waals surface area contributed by atoms with Crippen molar-refractivity contribution in [1.82, 2.24) is 15.0 Å². The summed E-state index contributed by atoms with van der Waals surface area (Å²) in [4.78, 5) is 25.9. The van der Waals surface area contributed by atoms with Crippen LogP contribution in [0.15, 0.2) is 11.8 Å². The summed E-state index contributed by atoms with van der Waals surface area (Å²) in [6, 6.07) is 0. The number of hydrogen-bond acceptors (Lipinski definition) is 8. The predicted octanol–water partition coefficient (Wildman–Crippen LogP) is 2.22. The average molecular weight is 308 g/mol. The normalized spacial score (nSPS) is 10.4. The van der Waals surface area contributed by atoms with Gasteiger partial charge in [-0.1, -0.05) is 0 Å². The second-order valence-corrected chi connectivity index (χ2v) is 5.34. The van der Waals surface area contributed by atoms with Gasteiger partial charge < -0.3 is 10.2 Å². The molecule has 0 aliphatic carbocycles. The molecular weight excluding hydrogens is 292 g/mol. The fourth-order valence-electron chi connectivity index (χ4n) is 1.88. The van der Waals surface area contributed by atoms with E-state index < -0.39 is 4.92 Å². The van der Waals surface area contributed by atoms with Crippen molar-refractivity contribution in [2.75, 3.05) is 23.8 Å². The van der Waals surface area contributed by atoms with Gasteiger partial charge in [0, 0.05) is 18.5 Å². The molecule has 0 atom stereocenters. The van der Waals surface area contributed by atoms with E-state index in [9.17, 15) is 10.1 Å². The number of anilines is 2. The fraction of sp³-hybridized carbons (Fsp3) is 0.417. The molecule has 2 heterocycles. The SMILES string of the molecule is CCNc1ncnc(N(C)Cc2scnc2C)c1[N+](=O)[O-]. The molecule has 0 bridgehead atoms. The van der Waals surface area contributed by atoms with Crippen LogP contribution >= 0.6 is 11.3 Å². The van der Waals surface area contributed by atoms with Gasteiger partial charge in [-0.15, -0.1) is 11.3 Å². The lowest BCUT2D eigenvalue weighted by molar-refractivity contribution is -0.383. The van der Waals surface area contributed by atoms with Crippen molar-refractivity contribution in [3.63, 3.8) is 0 Å². The lowest BCUT2D eigenvalue weighted by Gasteiger charge is -2.18. The zero-order chi connectivity index (χ0) is 15.4. The monoisotopic (exact) mass is 308 g/mol. The van der Waals surface area contributed by atoms with Gasteiger partial charge in [0.2, 0.25) is 11.6 Å². The third-order valence-electron chi connectivity index (χ3n) is 2.92. The molecule has 0 saturated heterocycles. The maximum Gasteiger partial charge on any atom is 0.353 e. The highest BCUT2D eigenvalue weighted by Crippen LogP contribution is 2.32. The number of nitrogens with one attached hydrogen (secondary N) is 1. The zero-order valence-electron chi connectivity index (χ0n) is 12.0. The summed E-state index contributed by atoms with van der Waals surface area (Å²) in [5.74, 6) is 0.527. The first-order valence-electron chi connectivity index (χ1n) is 6.38. The second-order valence-electron chi connectivity index (χ2n) is 4.40. The molecule has 0 aliphatic rings. The highest BCUT2D eigenvalue weighted by atomic mass is 32.1. The lowest BCUT2D eigenvalue weighted by atomic mass is 10.3. The second kappa shape index (κ2) is 6.44. The molecule has 2 aromatic heterocycles. The predicted molar refractivity (Wildman–Crippen MR) is 81.8 cm³/mol. The Labute approximate surface area is 126 Å². The summed E-state index contributed by atoms with van der Waals surface area (Å²) >= 11 is 1.52. The number of hydrogen-bond donors (Lipinski definition) is 1. The highest BCUT2D eigenvalue weighted by molar-refractivity contribution is 7.09. The Bertz CT molecular complexity index is 644. The van der Waals surface area contributed by atoms with Gasteiger partial charge in [0.1, 0.15) is 6.33 Å². The summed E-state index contributed by atoms with van der Waals surface area (Å²) in [5.41, 5.74) is 2.58. The van der Waals surface area contributed by atoms with E-state index in [1.54, 1.807) is 17.5 Å². The molecule has 0 saturated carbocycles. The van der Waals surface area contributed by atoms with Crippen LogP contribution in [0.5, 0.6) is 0 Å². The topological polar surface area (TPSA) is 97.1 Å². The zero-order valence-corrected chi connectivity index (χ0v) is 12.8. The van der Waals surface area contributed by atoms with Crippen molar-refractivity contribution in [2.45, 2.75) is 20.4 Å². The quantitative estimate of drug-likeness (QED) is 0.645. The van der Waals surface area contributed by atoms with E-state index in [0.29, 0.717) is 18.9 Å². The van der Waals surface area contributed by atoms with E-state index in [0.717, 1.165) is 10.6 Å². The van der Waals surface area contributed by atoms with Crippen LogP contribution in [0, 0.1) is 17.0 Å². The molecule has 2 rings (SSSR count). The van der Waals surface area contributed by atoms with E-state index >= 15 is 0 Å². The van der Waals surface area contributed by atoms with Crippen molar-refractivity contribution in [3.05, 3.63) is 32.5 Å². The van der Waals surface area contributed by atoms with Crippen molar-refractivity contribution in [3.8, 4) is 0 Å². The Morgan fingerprint density at radius 2 is 2.19 bits per heavy atom. The van der Waals surface area contributed by atoms with Crippen molar-refractivity contribution >= 4 is 28.7 Å². The van der Waals surface area contributed by atoms with Gasteiger partial charge in [0.25, 0.3) is 0 Å². The molecule has 0 aliphatic heterocycles. The van der Waals surface area contributed by atoms with Crippen molar-refractivity contribution in [1.29, 1.82) is 0 Å². The number of nitro groups is 1. The maximum absolute atomic E-state index is 11.3. The number of thiazole rings is 1. The minimum atomic E-state index is -0.455. The Kier molecular flexibility index (Phi) is 4.63. The maximum atomic E-state index is 11.3. The summed E-state index contributed by atoms with van der Waals surface area (Å²) < 4.78 is 0. The van der Waals surface area contributed by atoms with Gasteiger partial charge in [0.15, 0.2) is 0 Å². The average Bonchev–Trinajstić information content (AvgIpc) is 2.84. The highest BCUT2D eigenvalue weighted by Gasteiger charge is 2.25. The van der Waals surface area contributed by atoms with Crippen molar-refractivity contribution < 1.29 is 4.92 Å².